The largest absolute Gasteiger partial charge is 0.381 e. The van der Waals surface area contributed by atoms with E-state index in [1.807, 2.05) is 0 Å². The molecule has 0 saturated carbocycles. The predicted molar refractivity (Wildman–Crippen MR) is 66.2 cm³/mol. The van der Waals surface area contributed by atoms with Gasteiger partial charge < -0.3 is 10.2 Å². The Morgan fingerprint density at radius 3 is 2.78 bits per heavy atom. The molecule has 0 aliphatic carbocycles. The van der Waals surface area contributed by atoms with Crippen LogP contribution in [0, 0.1) is 0 Å². The molecule has 18 heavy (non-hydrogen) atoms. The zero-order chi connectivity index (χ0) is 13.0. The first-order chi connectivity index (χ1) is 8.63. The first-order valence-corrected chi connectivity index (χ1v) is 7.13. The summed E-state index contributed by atoms with van der Waals surface area (Å²) in [7, 11) is -3.61. The van der Waals surface area contributed by atoms with Crippen LogP contribution in [0.2, 0.25) is 0 Å². The number of nitrogens with one attached hydrogen (secondary N) is 2. The molecule has 1 fully saturated rings. The van der Waals surface area contributed by atoms with E-state index in [0.717, 1.165) is 0 Å². The van der Waals surface area contributed by atoms with Crippen LogP contribution in [0.1, 0.15) is 12.8 Å². The van der Waals surface area contributed by atoms with Gasteiger partial charge in [0.05, 0.1) is 0 Å². The molecule has 0 spiro atoms. The zero-order valence-electron chi connectivity index (χ0n) is 9.80. The van der Waals surface area contributed by atoms with Crippen molar-refractivity contribution in [2.45, 2.75) is 23.8 Å². The molecule has 0 unspecified atom stereocenters. The number of nitrogens with two attached hydrogens (primary N) is 1. The van der Waals surface area contributed by atoms with Crippen molar-refractivity contribution in [3.8, 4) is 0 Å². The molecule has 2 heterocycles. The van der Waals surface area contributed by atoms with Crippen molar-refractivity contribution in [2.75, 3.05) is 18.6 Å². The average Bonchev–Trinajstić information content (AvgIpc) is 2.39. The van der Waals surface area contributed by atoms with Crippen LogP contribution < -0.4 is 16.0 Å². The van der Waals surface area contributed by atoms with Crippen LogP contribution >= 0.6 is 0 Å². The summed E-state index contributed by atoms with van der Waals surface area (Å²) in [6, 6.07) is 2.91. The summed E-state index contributed by atoms with van der Waals surface area (Å²) >= 11 is 0. The third-order valence-electron chi connectivity index (χ3n) is 2.74. The van der Waals surface area contributed by atoms with Gasteiger partial charge in [0, 0.05) is 25.5 Å². The highest BCUT2D eigenvalue weighted by Crippen LogP contribution is 2.18. The van der Waals surface area contributed by atoms with Gasteiger partial charge in [-0.1, -0.05) is 0 Å². The van der Waals surface area contributed by atoms with Gasteiger partial charge in [0.15, 0.2) is 5.82 Å². The van der Waals surface area contributed by atoms with Crippen molar-refractivity contribution in [3.05, 3.63) is 18.3 Å². The van der Waals surface area contributed by atoms with E-state index in [-0.39, 0.29) is 16.8 Å². The lowest BCUT2D eigenvalue weighted by Crippen LogP contribution is -2.39. The Morgan fingerprint density at radius 1 is 1.39 bits per heavy atom. The fourth-order valence-electron chi connectivity index (χ4n) is 1.81. The first-order valence-electron chi connectivity index (χ1n) is 5.65. The molecule has 1 saturated heterocycles. The lowest BCUT2D eigenvalue weighted by atomic mass is 10.1. The van der Waals surface area contributed by atoms with Crippen LogP contribution in [0.15, 0.2) is 23.2 Å². The molecule has 4 N–H and O–H groups in total. The van der Waals surface area contributed by atoms with Gasteiger partial charge in [-0.15, -0.1) is 0 Å². The number of rotatable bonds is 4. The van der Waals surface area contributed by atoms with E-state index in [9.17, 15) is 8.42 Å². The number of hydrogen-bond donors (Lipinski definition) is 3. The number of hydrogen-bond acceptors (Lipinski definition) is 6. The predicted octanol–water partition coefficient (Wildman–Crippen LogP) is -0.176. The van der Waals surface area contributed by atoms with Gasteiger partial charge in [-0.3, -0.25) is 0 Å². The summed E-state index contributed by atoms with van der Waals surface area (Å²) in [4.78, 5) is 3.93. The minimum absolute atomic E-state index is 0.0546. The standard InChI is InChI=1S/C10H16N4O3S/c11-13-10-9(2-1-5-12-10)18(15,16)14-8-3-6-17-7-4-8/h1-2,5,8,14H,3-4,6-7,11H2,(H,12,13). The fraction of sp³-hybridized carbons (Fsp3) is 0.500. The molecular formula is C10H16N4O3S. The Morgan fingerprint density at radius 2 is 2.11 bits per heavy atom. The zero-order valence-corrected chi connectivity index (χ0v) is 10.6. The molecular weight excluding hydrogens is 256 g/mol. The topological polar surface area (TPSA) is 106 Å². The maximum Gasteiger partial charge on any atom is 0.244 e. The second-order valence-corrected chi connectivity index (χ2v) is 5.68. The third kappa shape index (κ3) is 2.96. The Balaban J connectivity index is 2.19. The molecule has 100 valence electrons. The molecule has 1 aliphatic heterocycles. The Hall–Kier alpha value is -1.22. The number of hydrazine groups is 1. The molecule has 0 radical (unpaired) electrons. The van der Waals surface area contributed by atoms with Crippen LogP contribution in [0.3, 0.4) is 0 Å². The summed E-state index contributed by atoms with van der Waals surface area (Å²) < 4.78 is 32.2. The second-order valence-electron chi connectivity index (χ2n) is 4.00. The minimum Gasteiger partial charge on any atom is -0.381 e. The van der Waals surface area contributed by atoms with E-state index < -0.39 is 10.0 Å². The normalized spacial score (nSPS) is 17.6. The summed E-state index contributed by atoms with van der Waals surface area (Å²) in [5.74, 6) is 5.39. The van der Waals surface area contributed by atoms with Gasteiger partial charge in [0.25, 0.3) is 0 Å². The number of anilines is 1. The van der Waals surface area contributed by atoms with Gasteiger partial charge >= 0.3 is 0 Å². The fourth-order valence-corrected chi connectivity index (χ4v) is 3.24. The SMILES string of the molecule is NNc1ncccc1S(=O)(=O)NC1CCOCC1. The van der Waals surface area contributed by atoms with Crippen molar-refractivity contribution in [1.29, 1.82) is 0 Å². The molecule has 1 aromatic heterocycles. The van der Waals surface area contributed by atoms with Crippen LogP contribution in [0.5, 0.6) is 0 Å². The number of nitrogens with zero attached hydrogens (tertiary/aromatic N) is 1. The maximum absolute atomic E-state index is 12.2. The van der Waals surface area contributed by atoms with Gasteiger partial charge in [-0.2, -0.15) is 0 Å². The first kappa shape index (κ1) is 13.2. The van der Waals surface area contributed by atoms with E-state index >= 15 is 0 Å². The lowest BCUT2D eigenvalue weighted by molar-refractivity contribution is 0.0832. The Labute approximate surface area is 106 Å². The number of ether oxygens (including phenoxy) is 1. The maximum atomic E-state index is 12.2. The quantitative estimate of drug-likeness (QED) is 0.519. The highest BCUT2D eigenvalue weighted by molar-refractivity contribution is 7.89. The van der Waals surface area contributed by atoms with Crippen molar-refractivity contribution in [2.24, 2.45) is 5.84 Å². The molecule has 1 aliphatic rings. The van der Waals surface area contributed by atoms with Crippen molar-refractivity contribution >= 4 is 15.8 Å². The summed E-state index contributed by atoms with van der Waals surface area (Å²) in [5.41, 5.74) is 2.28. The van der Waals surface area contributed by atoms with Gasteiger partial charge in [0.1, 0.15) is 4.90 Å². The molecule has 1 aromatic rings. The summed E-state index contributed by atoms with van der Waals surface area (Å²) in [6.45, 7) is 1.14. The molecule has 2 rings (SSSR count). The number of aromatic nitrogens is 1. The summed E-state index contributed by atoms with van der Waals surface area (Å²) in [6.07, 6.45) is 2.82. The number of sulfonamides is 1. The third-order valence-corrected chi connectivity index (χ3v) is 4.29. The average molecular weight is 272 g/mol. The van der Waals surface area contributed by atoms with Gasteiger partial charge in [-0.25, -0.2) is 24.0 Å². The van der Waals surface area contributed by atoms with E-state index in [1.165, 1.54) is 12.3 Å². The van der Waals surface area contributed by atoms with E-state index in [0.29, 0.717) is 26.1 Å². The Kier molecular flexibility index (Phi) is 4.12. The number of nitrogen functional groups attached to an aromatic ring is 1. The molecule has 0 aromatic carbocycles. The molecule has 0 amide bonds. The monoisotopic (exact) mass is 272 g/mol. The van der Waals surface area contributed by atoms with Crippen molar-refractivity contribution in [3.63, 3.8) is 0 Å². The molecule has 0 bridgehead atoms. The van der Waals surface area contributed by atoms with Crippen LogP contribution in [0.4, 0.5) is 5.82 Å². The van der Waals surface area contributed by atoms with Crippen molar-refractivity contribution in [1.82, 2.24) is 9.71 Å². The minimum atomic E-state index is -3.61. The highest BCUT2D eigenvalue weighted by Gasteiger charge is 2.24. The van der Waals surface area contributed by atoms with Crippen molar-refractivity contribution < 1.29 is 13.2 Å². The lowest BCUT2D eigenvalue weighted by Gasteiger charge is -2.23. The van der Waals surface area contributed by atoms with E-state index in [4.69, 9.17) is 10.6 Å². The van der Waals surface area contributed by atoms with Crippen LogP contribution in [0.25, 0.3) is 0 Å². The Bertz CT molecular complexity index is 500. The van der Waals surface area contributed by atoms with Gasteiger partial charge in [-0.05, 0) is 25.0 Å². The van der Waals surface area contributed by atoms with Crippen LogP contribution in [-0.2, 0) is 14.8 Å². The second kappa shape index (κ2) is 5.61. The number of pyridine rings is 1. The summed E-state index contributed by atoms with van der Waals surface area (Å²) in [5, 5.41) is 0. The molecule has 8 heteroatoms. The highest BCUT2D eigenvalue weighted by atomic mass is 32.2. The van der Waals surface area contributed by atoms with E-state index in [2.05, 4.69) is 15.1 Å². The molecule has 7 nitrogen and oxygen atoms in total. The van der Waals surface area contributed by atoms with E-state index in [1.54, 1.807) is 6.07 Å². The van der Waals surface area contributed by atoms with Crippen LogP contribution in [-0.4, -0.2) is 32.7 Å². The molecule has 0 atom stereocenters. The smallest absolute Gasteiger partial charge is 0.244 e. The van der Waals surface area contributed by atoms with Gasteiger partial charge in [0.2, 0.25) is 10.0 Å².